The molecule has 9 heteroatoms. The topological polar surface area (TPSA) is 107 Å². The van der Waals surface area contributed by atoms with Crippen LogP contribution in [0.3, 0.4) is 0 Å². The van der Waals surface area contributed by atoms with Crippen molar-refractivity contribution in [3.63, 3.8) is 0 Å². The number of primary amides is 1. The smallest absolute Gasteiger partial charge is 0.310 e. The first-order chi connectivity index (χ1) is 12.9. The number of hydrogen-bond acceptors (Lipinski definition) is 6. The van der Waals surface area contributed by atoms with Gasteiger partial charge in [0.2, 0.25) is 6.10 Å². The highest BCUT2D eigenvalue weighted by Crippen LogP contribution is 2.28. The normalized spacial score (nSPS) is 17.3. The van der Waals surface area contributed by atoms with Crippen molar-refractivity contribution in [2.75, 3.05) is 13.1 Å². The number of carbonyl (C=O) groups excluding carboxylic acids is 2. The van der Waals surface area contributed by atoms with Gasteiger partial charge in [0, 0.05) is 18.7 Å². The number of sulfonamides is 1. The van der Waals surface area contributed by atoms with E-state index in [4.69, 9.17) is 10.5 Å². The van der Waals surface area contributed by atoms with Crippen LogP contribution in [0, 0.1) is 5.92 Å². The maximum absolute atomic E-state index is 12.5. The maximum atomic E-state index is 12.5. The SMILES string of the molecule is NC(=O)[C@@H](OC(=O)C1CCN(S(=O)(=O)c2cccs2)CC1)c1ccccc1. The van der Waals surface area contributed by atoms with Crippen molar-refractivity contribution in [3.8, 4) is 0 Å². The van der Waals surface area contributed by atoms with Gasteiger partial charge in [-0.3, -0.25) is 9.59 Å². The molecule has 2 heterocycles. The van der Waals surface area contributed by atoms with E-state index < -0.39 is 33.9 Å². The lowest BCUT2D eigenvalue weighted by Crippen LogP contribution is -2.41. The van der Waals surface area contributed by atoms with Crippen LogP contribution in [0.5, 0.6) is 0 Å². The van der Waals surface area contributed by atoms with E-state index in [1.165, 1.54) is 15.6 Å². The van der Waals surface area contributed by atoms with Gasteiger partial charge in [0.05, 0.1) is 5.92 Å². The number of thiophene rings is 1. The van der Waals surface area contributed by atoms with Gasteiger partial charge in [-0.25, -0.2) is 8.42 Å². The number of piperidine rings is 1. The third-order valence-electron chi connectivity index (χ3n) is 4.47. The van der Waals surface area contributed by atoms with Crippen LogP contribution in [0.4, 0.5) is 0 Å². The summed E-state index contributed by atoms with van der Waals surface area (Å²) < 4.78 is 32.1. The fourth-order valence-electron chi connectivity index (χ4n) is 3.00. The minimum atomic E-state index is -3.52. The standard InChI is InChI=1S/C18H20N2O5S2/c19-17(21)16(13-5-2-1-3-6-13)25-18(22)14-8-10-20(11-9-14)27(23,24)15-7-4-12-26-15/h1-7,12,14,16H,8-11H2,(H2,19,21)/t16-/m0/s1. The third kappa shape index (κ3) is 4.37. The minimum Gasteiger partial charge on any atom is -0.447 e. The van der Waals surface area contributed by atoms with Crippen LogP contribution in [0.1, 0.15) is 24.5 Å². The molecule has 1 aromatic carbocycles. The summed E-state index contributed by atoms with van der Waals surface area (Å²) >= 11 is 1.17. The van der Waals surface area contributed by atoms with Crippen molar-refractivity contribution < 1.29 is 22.7 Å². The van der Waals surface area contributed by atoms with Crippen molar-refractivity contribution in [2.24, 2.45) is 11.7 Å². The molecule has 0 aliphatic carbocycles. The van der Waals surface area contributed by atoms with E-state index in [9.17, 15) is 18.0 Å². The molecule has 27 heavy (non-hydrogen) atoms. The number of esters is 1. The largest absolute Gasteiger partial charge is 0.447 e. The minimum absolute atomic E-state index is 0.229. The van der Waals surface area contributed by atoms with Crippen LogP contribution >= 0.6 is 11.3 Å². The second-order valence-electron chi connectivity index (χ2n) is 6.24. The molecule has 1 fully saturated rings. The second kappa shape index (κ2) is 8.20. The van der Waals surface area contributed by atoms with Crippen molar-refractivity contribution in [1.82, 2.24) is 4.31 Å². The van der Waals surface area contributed by atoms with Gasteiger partial charge in [-0.2, -0.15) is 4.31 Å². The number of nitrogens with two attached hydrogens (primary N) is 1. The highest BCUT2D eigenvalue weighted by Gasteiger charge is 2.35. The van der Waals surface area contributed by atoms with Crippen molar-refractivity contribution >= 4 is 33.2 Å². The molecule has 7 nitrogen and oxygen atoms in total. The number of nitrogens with zero attached hydrogens (tertiary/aromatic N) is 1. The van der Waals surface area contributed by atoms with Gasteiger partial charge in [0.25, 0.3) is 15.9 Å². The van der Waals surface area contributed by atoms with Gasteiger partial charge in [-0.05, 0) is 24.3 Å². The Hall–Kier alpha value is -2.23. The Kier molecular flexibility index (Phi) is 5.93. The lowest BCUT2D eigenvalue weighted by Gasteiger charge is -2.30. The Morgan fingerprint density at radius 3 is 2.33 bits per heavy atom. The first-order valence-electron chi connectivity index (χ1n) is 8.48. The number of carbonyl (C=O) groups is 2. The average molecular weight is 409 g/mol. The Labute approximate surface area is 161 Å². The number of rotatable bonds is 6. The van der Waals surface area contributed by atoms with Gasteiger partial charge in [0.15, 0.2) is 0 Å². The summed E-state index contributed by atoms with van der Waals surface area (Å²) in [5, 5.41) is 1.71. The van der Waals surface area contributed by atoms with E-state index in [0.717, 1.165) is 0 Å². The van der Waals surface area contributed by atoms with E-state index in [-0.39, 0.29) is 13.1 Å². The van der Waals surface area contributed by atoms with Crippen LogP contribution in [-0.4, -0.2) is 37.7 Å². The molecule has 0 radical (unpaired) electrons. The summed E-state index contributed by atoms with van der Waals surface area (Å²) in [6.07, 6.45) is -0.473. The Morgan fingerprint density at radius 2 is 1.78 bits per heavy atom. The second-order valence-corrected chi connectivity index (χ2v) is 9.35. The zero-order valence-corrected chi connectivity index (χ0v) is 16.1. The van der Waals surface area contributed by atoms with Crippen molar-refractivity contribution in [2.45, 2.75) is 23.2 Å². The molecule has 1 aliphatic rings. The summed E-state index contributed by atoms with van der Waals surface area (Å²) in [4.78, 5) is 24.2. The summed E-state index contributed by atoms with van der Waals surface area (Å²) in [5.74, 6) is -1.74. The quantitative estimate of drug-likeness (QED) is 0.735. The molecule has 1 amide bonds. The molecule has 0 unspecified atom stereocenters. The molecular weight excluding hydrogens is 388 g/mol. The van der Waals surface area contributed by atoms with E-state index >= 15 is 0 Å². The first-order valence-corrected chi connectivity index (χ1v) is 10.8. The van der Waals surface area contributed by atoms with Crippen LogP contribution in [0.15, 0.2) is 52.1 Å². The molecule has 1 saturated heterocycles. The molecule has 2 aromatic rings. The zero-order valence-electron chi connectivity index (χ0n) is 14.5. The number of benzene rings is 1. The monoisotopic (exact) mass is 408 g/mol. The lowest BCUT2D eigenvalue weighted by molar-refractivity contribution is -0.160. The summed E-state index contributed by atoms with van der Waals surface area (Å²) in [5.41, 5.74) is 5.89. The molecule has 2 N–H and O–H groups in total. The number of hydrogen-bond donors (Lipinski definition) is 1. The fourth-order valence-corrected chi connectivity index (χ4v) is 5.61. The van der Waals surface area contributed by atoms with E-state index in [2.05, 4.69) is 0 Å². The average Bonchev–Trinajstić information content (AvgIpc) is 3.22. The Morgan fingerprint density at radius 1 is 1.11 bits per heavy atom. The van der Waals surface area contributed by atoms with E-state index in [1.54, 1.807) is 47.8 Å². The molecular formula is C18H20N2O5S2. The van der Waals surface area contributed by atoms with Gasteiger partial charge in [-0.1, -0.05) is 36.4 Å². The first kappa shape index (κ1) is 19.5. The summed E-state index contributed by atoms with van der Waals surface area (Å²) in [6, 6.07) is 11.8. The molecule has 1 aromatic heterocycles. The van der Waals surface area contributed by atoms with Crippen molar-refractivity contribution in [1.29, 1.82) is 0 Å². The maximum Gasteiger partial charge on any atom is 0.310 e. The Bertz CT molecular complexity index is 889. The molecule has 0 saturated carbocycles. The summed E-state index contributed by atoms with van der Waals surface area (Å²) in [7, 11) is -3.52. The van der Waals surface area contributed by atoms with Gasteiger partial charge >= 0.3 is 5.97 Å². The summed E-state index contributed by atoms with van der Waals surface area (Å²) in [6.45, 7) is 0.457. The molecule has 0 spiro atoms. The van der Waals surface area contributed by atoms with Gasteiger partial charge in [0.1, 0.15) is 4.21 Å². The molecule has 3 rings (SSSR count). The van der Waals surface area contributed by atoms with Crippen LogP contribution < -0.4 is 5.73 Å². The number of ether oxygens (including phenoxy) is 1. The van der Waals surface area contributed by atoms with Crippen molar-refractivity contribution in [3.05, 3.63) is 53.4 Å². The third-order valence-corrected chi connectivity index (χ3v) is 7.74. The molecule has 1 atom stereocenters. The molecule has 1 aliphatic heterocycles. The van der Waals surface area contributed by atoms with Crippen LogP contribution in [-0.2, 0) is 24.3 Å². The molecule has 0 bridgehead atoms. The van der Waals surface area contributed by atoms with Gasteiger partial charge < -0.3 is 10.5 Å². The van der Waals surface area contributed by atoms with Crippen LogP contribution in [0.25, 0.3) is 0 Å². The van der Waals surface area contributed by atoms with Gasteiger partial charge in [-0.15, -0.1) is 11.3 Å². The predicted octanol–water partition coefficient (Wildman–Crippen LogP) is 1.92. The Balaban J connectivity index is 1.62. The highest BCUT2D eigenvalue weighted by atomic mass is 32.2. The van der Waals surface area contributed by atoms with E-state index in [1.807, 2.05) is 0 Å². The lowest BCUT2D eigenvalue weighted by atomic mass is 9.98. The molecule has 144 valence electrons. The highest BCUT2D eigenvalue weighted by molar-refractivity contribution is 7.91. The zero-order chi connectivity index (χ0) is 19.4. The van der Waals surface area contributed by atoms with Crippen LogP contribution in [0.2, 0.25) is 0 Å². The fraction of sp³-hybridized carbons (Fsp3) is 0.333. The predicted molar refractivity (Wildman–Crippen MR) is 100 cm³/mol. The van der Waals surface area contributed by atoms with E-state index in [0.29, 0.717) is 22.6 Å². The number of amides is 1.